The molecule has 0 atom stereocenters. The van der Waals surface area contributed by atoms with Crippen LogP contribution in [-0.2, 0) is 0 Å². The van der Waals surface area contributed by atoms with Gasteiger partial charge in [-0.15, -0.1) is 5.10 Å². The summed E-state index contributed by atoms with van der Waals surface area (Å²) in [6.07, 6.45) is 0. The Bertz CT molecular complexity index is 642. The second kappa shape index (κ2) is 5.79. The van der Waals surface area contributed by atoms with Gasteiger partial charge in [-0.1, -0.05) is 11.6 Å². The zero-order valence-electron chi connectivity index (χ0n) is 11.2. The van der Waals surface area contributed by atoms with Crippen molar-refractivity contribution in [2.45, 2.75) is 6.92 Å². The fourth-order valence-electron chi connectivity index (χ4n) is 1.58. The number of hydrogen-bond acceptors (Lipinski definition) is 5. The lowest BCUT2D eigenvalue weighted by Crippen LogP contribution is -2.14. The van der Waals surface area contributed by atoms with Crippen molar-refractivity contribution in [3.05, 3.63) is 28.8 Å². The van der Waals surface area contributed by atoms with Gasteiger partial charge in [0.25, 0.3) is 5.91 Å². The summed E-state index contributed by atoms with van der Waals surface area (Å²) >= 11 is 6.02. The molecule has 2 N–H and O–H groups in total. The number of aromatic amines is 1. The third-order valence-corrected chi connectivity index (χ3v) is 2.82. The van der Waals surface area contributed by atoms with E-state index in [9.17, 15) is 4.79 Å². The van der Waals surface area contributed by atoms with Gasteiger partial charge < -0.3 is 14.8 Å². The van der Waals surface area contributed by atoms with Crippen molar-refractivity contribution in [3.8, 4) is 11.5 Å². The first-order chi connectivity index (χ1) is 9.55. The molecule has 1 heterocycles. The number of methoxy groups -OCH3 is 2. The van der Waals surface area contributed by atoms with E-state index < -0.39 is 5.91 Å². The molecule has 8 heteroatoms. The average Bonchev–Trinajstić information content (AvgIpc) is 2.86. The standard InChI is InChI=1S/C12H13ClN4O3/c1-6-14-11(17-16-6)12(18)15-8-4-7(13)9(19-2)5-10(8)20-3/h4-5H,1-3H3,(H,15,18)(H,14,16,17). The summed E-state index contributed by atoms with van der Waals surface area (Å²) in [6, 6.07) is 3.12. The van der Waals surface area contributed by atoms with Crippen molar-refractivity contribution in [1.29, 1.82) is 0 Å². The first kappa shape index (κ1) is 14.1. The van der Waals surface area contributed by atoms with Gasteiger partial charge in [0.2, 0.25) is 5.82 Å². The van der Waals surface area contributed by atoms with Crippen LogP contribution in [0.25, 0.3) is 0 Å². The lowest BCUT2D eigenvalue weighted by Gasteiger charge is -2.12. The predicted molar refractivity (Wildman–Crippen MR) is 73.6 cm³/mol. The summed E-state index contributed by atoms with van der Waals surface area (Å²) in [5, 5.41) is 9.36. The van der Waals surface area contributed by atoms with Crippen LogP contribution in [-0.4, -0.2) is 35.3 Å². The maximum absolute atomic E-state index is 12.0. The summed E-state index contributed by atoms with van der Waals surface area (Å²) in [6.45, 7) is 1.70. The number of aryl methyl sites for hydroxylation is 1. The molecule has 2 aromatic rings. The maximum Gasteiger partial charge on any atom is 0.295 e. The second-order valence-corrected chi connectivity index (χ2v) is 4.29. The molecule has 0 bridgehead atoms. The van der Waals surface area contributed by atoms with Crippen molar-refractivity contribution in [3.63, 3.8) is 0 Å². The topological polar surface area (TPSA) is 89.1 Å². The Hall–Kier alpha value is -2.28. The first-order valence-electron chi connectivity index (χ1n) is 5.67. The van der Waals surface area contributed by atoms with E-state index in [2.05, 4.69) is 20.5 Å². The SMILES string of the molecule is COc1cc(OC)c(NC(=O)c2n[nH]c(C)n2)cc1Cl. The monoisotopic (exact) mass is 296 g/mol. The third-order valence-electron chi connectivity index (χ3n) is 2.52. The van der Waals surface area contributed by atoms with Crippen molar-refractivity contribution in [1.82, 2.24) is 15.2 Å². The normalized spacial score (nSPS) is 10.2. The molecule has 7 nitrogen and oxygen atoms in total. The number of aromatic nitrogens is 3. The van der Waals surface area contributed by atoms with Gasteiger partial charge in [-0.2, -0.15) is 0 Å². The van der Waals surface area contributed by atoms with E-state index >= 15 is 0 Å². The van der Waals surface area contributed by atoms with E-state index in [1.54, 1.807) is 13.0 Å². The summed E-state index contributed by atoms with van der Waals surface area (Å²) in [4.78, 5) is 15.9. The Morgan fingerprint density at radius 3 is 2.55 bits per heavy atom. The van der Waals surface area contributed by atoms with Crippen LogP contribution in [0.5, 0.6) is 11.5 Å². The maximum atomic E-state index is 12.0. The number of nitrogens with zero attached hydrogens (tertiary/aromatic N) is 2. The molecule has 0 radical (unpaired) electrons. The highest BCUT2D eigenvalue weighted by Gasteiger charge is 2.16. The minimum atomic E-state index is -0.464. The zero-order valence-corrected chi connectivity index (χ0v) is 11.9. The average molecular weight is 297 g/mol. The molecule has 0 aliphatic carbocycles. The number of benzene rings is 1. The summed E-state index contributed by atoms with van der Waals surface area (Å²) in [7, 11) is 2.98. The minimum Gasteiger partial charge on any atom is -0.495 e. The number of hydrogen-bond donors (Lipinski definition) is 2. The molecular weight excluding hydrogens is 284 g/mol. The molecule has 0 unspecified atom stereocenters. The van der Waals surface area contributed by atoms with Gasteiger partial charge in [0.05, 0.1) is 24.9 Å². The fourth-order valence-corrected chi connectivity index (χ4v) is 1.82. The number of carbonyl (C=O) groups is 1. The number of H-pyrrole nitrogens is 1. The first-order valence-corrected chi connectivity index (χ1v) is 6.04. The van der Waals surface area contributed by atoms with Gasteiger partial charge in [0.1, 0.15) is 17.3 Å². The van der Waals surface area contributed by atoms with Crippen molar-refractivity contribution < 1.29 is 14.3 Å². The van der Waals surface area contributed by atoms with Gasteiger partial charge in [0, 0.05) is 6.07 Å². The van der Waals surface area contributed by atoms with E-state index in [0.29, 0.717) is 28.0 Å². The summed E-state index contributed by atoms with van der Waals surface area (Å²) in [5.74, 6) is 1.00. The van der Waals surface area contributed by atoms with E-state index in [0.717, 1.165) is 0 Å². The van der Waals surface area contributed by atoms with Gasteiger partial charge in [-0.3, -0.25) is 9.89 Å². The van der Waals surface area contributed by atoms with Gasteiger partial charge in [0.15, 0.2) is 0 Å². The molecule has 0 fully saturated rings. The lowest BCUT2D eigenvalue weighted by molar-refractivity contribution is 0.101. The van der Waals surface area contributed by atoms with Crippen LogP contribution in [0, 0.1) is 6.92 Å². The Kier molecular flexibility index (Phi) is 4.09. The quantitative estimate of drug-likeness (QED) is 0.901. The second-order valence-electron chi connectivity index (χ2n) is 3.89. The van der Waals surface area contributed by atoms with Crippen LogP contribution in [0.3, 0.4) is 0 Å². The van der Waals surface area contributed by atoms with Crippen LogP contribution in [0.1, 0.15) is 16.4 Å². The Morgan fingerprint density at radius 1 is 1.30 bits per heavy atom. The van der Waals surface area contributed by atoms with Gasteiger partial charge >= 0.3 is 0 Å². The van der Waals surface area contributed by atoms with Crippen molar-refractivity contribution in [2.75, 3.05) is 19.5 Å². The lowest BCUT2D eigenvalue weighted by atomic mass is 10.2. The Balaban J connectivity index is 2.28. The molecule has 106 valence electrons. The van der Waals surface area contributed by atoms with Crippen LogP contribution in [0.15, 0.2) is 12.1 Å². The highest BCUT2D eigenvalue weighted by Crippen LogP contribution is 2.35. The van der Waals surface area contributed by atoms with Crippen LogP contribution in [0.2, 0.25) is 5.02 Å². The van der Waals surface area contributed by atoms with Crippen molar-refractivity contribution >= 4 is 23.2 Å². The van der Waals surface area contributed by atoms with E-state index in [1.807, 2.05) is 0 Å². The largest absolute Gasteiger partial charge is 0.495 e. The van der Waals surface area contributed by atoms with Crippen LogP contribution < -0.4 is 14.8 Å². The number of ether oxygens (including phenoxy) is 2. The smallest absolute Gasteiger partial charge is 0.295 e. The zero-order chi connectivity index (χ0) is 14.7. The minimum absolute atomic E-state index is 0.0384. The Labute approximate surface area is 120 Å². The van der Waals surface area contributed by atoms with Gasteiger partial charge in [-0.05, 0) is 13.0 Å². The number of carbonyl (C=O) groups excluding carboxylic acids is 1. The summed E-state index contributed by atoms with van der Waals surface area (Å²) < 4.78 is 10.3. The molecule has 0 saturated heterocycles. The Morgan fingerprint density at radius 2 is 2.00 bits per heavy atom. The molecule has 20 heavy (non-hydrogen) atoms. The highest BCUT2D eigenvalue weighted by molar-refractivity contribution is 6.32. The number of halogens is 1. The summed E-state index contributed by atoms with van der Waals surface area (Å²) in [5.41, 5.74) is 0.408. The van der Waals surface area contributed by atoms with E-state index in [4.69, 9.17) is 21.1 Å². The molecule has 1 amide bonds. The van der Waals surface area contributed by atoms with Crippen LogP contribution >= 0.6 is 11.6 Å². The molecule has 0 aliphatic heterocycles. The van der Waals surface area contributed by atoms with Crippen LogP contribution in [0.4, 0.5) is 5.69 Å². The number of rotatable bonds is 4. The highest BCUT2D eigenvalue weighted by atomic mass is 35.5. The molecule has 2 rings (SSSR count). The number of nitrogens with one attached hydrogen (secondary N) is 2. The number of anilines is 1. The van der Waals surface area contributed by atoms with Gasteiger partial charge in [-0.25, -0.2) is 4.98 Å². The van der Waals surface area contributed by atoms with E-state index in [-0.39, 0.29) is 5.82 Å². The molecule has 0 spiro atoms. The predicted octanol–water partition coefficient (Wildman–Crippen LogP) is 2.04. The fraction of sp³-hybridized carbons (Fsp3) is 0.250. The molecular formula is C12H13ClN4O3. The molecule has 0 aliphatic rings. The molecule has 1 aromatic heterocycles. The third kappa shape index (κ3) is 2.83. The molecule has 1 aromatic carbocycles. The number of amides is 1. The van der Waals surface area contributed by atoms with E-state index in [1.165, 1.54) is 20.3 Å². The van der Waals surface area contributed by atoms with Crippen molar-refractivity contribution in [2.24, 2.45) is 0 Å². The molecule has 0 saturated carbocycles.